The molecule has 1 heterocycles. The van der Waals surface area contributed by atoms with Crippen LogP contribution in [0.15, 0.2) is 46.3 Å². The molecule has 0 saturated carbocycles. The molecular formula is C22H21FN2O3S2. The average Bonchev–Trinajstić information content (AvgIpc) is 3.07. The van der Waals surface area contributed by atoms with Crippen LogP contribution in [-0.4, -0.2) is 30.4 Å². The van der Waals surface area contributed by atoms with Crippen LogP contribution in [0.4, 0.5) is 4.39 Å². The van der Waals surface area contributed by atoms with Gasteiger partial charge in [-0.25, -0.2) is 4.39 Å². The molecule has 1 aromatic heterocycles. The van der Waals surface area contributed by atoms with Crippen molar-refractivity contribution >= 4 is 39.2 Å². The molecule has 0 aliphatic rings. The SMILES string of the molecule is C#CCn1c(=NC(=O)CCCSc2ccc(F)cc2)sc2cc(OC)c(OC)cc21. The summed E-state index contributed by atoms with van der Waals surface area (Å²) in [6.07, 6.45) is 6.52. The number of halogens is 1. The molecule has 0 bridgehead atoms. The minimum atomic E-state index is -0.257. The Bertz CT molecular complexity index is 1140. The van der Waals surface area contributed by atoms with Crippen LogP contribution in [0.5, 0.6) is 11.5 Å². The van der Waals surface area contributed by atoms with E-state index in [-0.39, 0.29) is 11.7 Å². The molecule has 156 valence electrons. The molecule has 0 atom stereocenters. The predicted octanol–water partition coefficient (Wildman–Crippen LogP) is 4.49. The van der Waals surface area contributed by atoms with E-state index in [1.807, 2.05) is 16.7 Å². The third-order valence-electron chi connectivity index (χ3n) is 4.28. The van der Waals surface area contributed by atoms with Gasteiger partial charge in [-0.1, -0.05) is 17.3 Å². The summed E-state index contributed by atoms with van der Waals surface area (Å²) in [6, 6.07) is 10.0. The summed E-state index contributed by atoms with van der Waals surface area (Å²) >= 11 is 2.97. The van der Waals surface area contributed by atoms with Crippen molar-refractivity contribution in [1.29, 1.82) is 0 Å². The van der Waals surface area contributed by atoms with Crippen LogP contribution in [0.1, 0.15) is 12.8 Å². The minimum Gasteiger partial charge on any atom is -0.493 e. The largest absolute Gasteiger partial charge is 0.493 e. The van der Waals surface area contributed by atoms with Gasteiger partial charge in [0.2, 0.25) is 5.91 Å². The molecule has 0 saturated heterocycles. The standard InChI is InChI=1S/C22H21FN2O3S2/c1-4-11-25-17-13-18(27-2)19(28-3)14-20(17)30-22(25)24-21(26)6-5-12-29-16-9-7-15(23)8-10-16/h1,7-10,13-14H,5-6,11-12H2,2-3H3. The van der Waals surface area contributed by atoms with Gasteiger partial charge < -0.3 is 14.0 Å². The maximum Gasteiger partial charge on any atom is 0.248 e. The van der Waals surface area contributed by atoms with Crippen molar-refractivity contribution < 1.29 is 18.7 Å². The Morgan fingerprint density at radius 1 is 1.23 bits per heavy atom. The lowest BCUT2D eigenvalue weighted by Crippen LogP contribution is -2.16. The topological polar surface area (TPSA) is 52.8 Å². The Kier molecular flexibility index (Phi) is 7.55. The summed E-state index contributed by atoms with van der Waals surface area (Å²) < 4.78 is 26.4. The molecule has 0 N–H and O–H groups in total. The number of aromatic nitrogens is 1. The number of benzene rings is 2. The lowest BCUT2D eigenvalue weighted by Gasteiger charge is -2.08. The monoisotopic (exact) mass is 444 g/mol. The summed E-state index contributed by atoms with van der Waals surface area (Å²) in [5.74, 6) is 4.09. The second-order valence-electron chi connectivity index (χ2n) is 6.26. The number of carbonyl (C=O) groups excluding carboxylic acids is 1. The first-order valence-electron chi connectivity index (χ1n) is 9.20. The Hall–Kier alpha value is -2.76. The molecule has 0 fully saturated rings. The highest BCUT2D eigenvalue weighted by molar-refractivity contribution is 7.99. The maximum atomic E-state index is 12.9. The molecule has 1 amide bonds. The molecule has 0 aliphatic heterocycles. The van der Waals surface area contributed by atoms with Crippen molar-refractivity contribution in [3.63, 3.8) is 0 Å². The van der Waals surface area contributed by atoms with E-state index in [0.29, 0.717) is 35.7 Å². The number of amides is 1. The summed E-state index contributed by atoms with van der Waals surface area (Å²) in [6.45, 7) is 0.294. The van der Waals surface area contributed by atoms with Crippen molar-refractivity contribution in [1.82, 2.24) is 4.57 Å². The zero-order valence-corrected chi connectivity index (χ0v) is 18.3. The van der Waals surface area contributed by atoms with Gasteiger partial charge in [0, 0.05) is 23.4 Å². The fourth-order valence-electron chi connectivity index (χ4n) is 2.83. The first-order chi connectivity index (χ1) is 14.5. The second kappa shape index (κ2) is 10.3. The number of hydrogen-bond acceptors (Lipinski definition) is 5. The van der Waals surface area contributed by atoms with E-state index in [4.69, 9.17) is 15.9 Å². The molecule has 8 heteroatoms. The molecular weight excluding hydrogens is 423 g/mol. The van der Waals surface area contributed by atoms with Crippen LogP contribution in [0.2, 0.25) is 0 Å². The number of nitrogens with zero attached hydrogens (tertiary/aromatic N) is 2. The summed E-state index contributed by atoms with van der Waals surface area (Å²) in [4.78, 5) is 18.2. The molecule has 5 nitrogen and oxygen atoms in total. The lowest BCUT2D eigenvalue weighted by atomic mass is 10.3. The number of fused-ring (bicyclic) bond motifs is 1. The predicted molar refractivity (Wildman–Crippen MR) is 119 cm³/mol. The number of terminal acetylenes is 1. The third-order valence-corrected chi connectivity index (χ3v) is 6.41. The van der Waals surface area contributed by atoms with Gasteiger partial charge in [0.1, 0.15) is 5.82 Å². The van der Waals surface area contributed by atoms with Gasteiger partial charge in [-0.3, -0.25) is 4.79 Å². The molecule has 0 aliphatic carbocycles. The van der Waals surface area contributed by atoms with Crippen molar-refractivity contribution in [2.45, 2.75) is 24.3 Å². The van der Waals surface area contributed by atoms with E-state index in [9.17, 15) is 9.18 Å². The fraction of sp³-hybridized carbons (Fsp3) is 0.273. The number of thiazole rings is 1. The van der Waals surface area contributed by atoms with Crippen LogP contribution in [0.3, 0.4) is 0 Å². The number of hydrogen-bond donors (Lipinski definition) is 0. The normalized spacial score (nSPS) is 11.5. The van der Waals surface area contributed by atoms with Crippen molar-refractivity contribution in [2.75, 3.05) is 20.0 Å². The highest BCUT2D eigenvalue weighted by Crippen LogP contribution is 2.33. The van der Waals surface area contributed by atoms with Gasteiger partial charge in [-0.05, 0) is 36.4 Å². The summed E-state index contributed by atoms with van der Waals surface area (Å²) in [5, 5.41) is 0. The van der Waals surface area contributed by atoms with Gasteiger partial charge in [-0.2, -0.15) is 4.99 Å². The van der Waals surface area contributed by atoms with Gasteiger partial charge in [-0.15, -0.1) is 18.2 Å². The Labute approximate surface area is 182 Å². The van der Waals surface area contributed by atoms with Crippen LogP contribution >= 0.6 is 23.1 Å². The average molecular weight is 445 g/mol. The third kappa shape index (κ3) is 5.23. The van der Waals surface area contributed by atoms with E-state index in [0.717, 1.165) is 20.9 Å². The van der Waals surface area contributed by atoms with E-state index >= 15 is 0 Å². The Balaban J connectivity index is 1.75. The van der Waals surface area contributed by atoms with E-state index < -0.39 is 0 Å². The van der Waals surface area contributed by atoms with Crippen LogP contribution < -0.4 is 14.3 Å². The van der Waals surface area contributed by atoms with Gasteiger partial charge in [0.15, 0.2) is 16.3 Å². The maximum absolute atomic E-state index is 12.9. The number of methoxy groups -OCH3 is 2. The van der Waals surface area contributed by atoms with E-state index in [2.05, 4.69) is 10.9 Å². The highest BCUT2D eigenvalue weighted by atomic mass is 32.2. The highest BCUT2D eigenvalue weighted by Gasteiger charge is 2.13. The Morgan fingerprint density at radius 2 is 1.93 bits per heavy atom. The molecule has 0 unspecified atom stereocenters. The number of carbonyl (C=O) groups is 1. The van der Waals surface area contributed by atoms with Gasteiger partial charge in [0.05, 0.1) is 31.0 Å². The lowest BCUT2D eigenvalue weighted by molar-refractivity contribution is -0.118. The summed E-state index contributed by atoms with van der Waals surface area (Å²) in [7, 11) is 3.14. The van der Waals surface area contributed by atoms with Crippen molar-refractivity contribution in [3.05, 3.63) is 47.0 Å². The quantitative estimate of drug-likeness (QED) is 0.292. The Morgan fingerprint density at radius 3 is 2.60 bits per heavy atom. The summed E-state index contributed by atoms with van der Waals surface area (Å²) in [5.41, 5.74) is 0.842. The smallest absolute Gasteiger partial charge is 0.248 e. The van der Waals surface area contributed by atoms with Crippen LogP contribution in [0.25, 0.3) is 10.2 Å². The molecule has 30 heavy (non-hydrogen) atoms. The molecule has 2 aromatic carbocycles. The van der Waals surface area contributed by atoms with Crippen molar-refractivity contribution in [2.24, 2.45) is 4.99 Å². The van der Waals surface area contributed by atoms with Gasteiger partial charge in [0.25, 0.3) is 0 Å². The zero-order valence-electron chi connectivity index (χ0n) is 16.7. The number of rotatable bonds is 8. The van der Waals surface area contributed by atoms with Gasteiger partial charge >= 0.3 is 0 Å². The first kappa shape index (κ1) is 21.9. The van der Waals surface area contributed by atoms with E-state index in [1.54, 1.807) is 38.1 Å². The van der Waals surface area contributed by atoms with Crippen LogP contribution in [-0.2, 0) is 11.3 Å². The molecule has 0 radical (unpaired) electrons. The number of ether oxygens (including phenoxy) is 2. The van der Waals surface area contributed by atoms with E-state index in [1.165, 1.54) is 23.5 Å². The molecule has 0 spiro atoms. The first-order valence-corrected chi connectivity index (χ1v) is 11.0. The number of thioether (sulfide) groups is 1. The minimum absolute atomic E-state index is 0.203. The van der Waals surface area contributed by atoms with Crippen LogP contribution in [0, 0.1) is 18.2 Å². The van der Waals surface area contributed by atoms with Crippen molar-refractivity contribution in [3.8, 4) is 23.8 Å². The molecule has 3 rings (SSSR count). The second-order valence-corrected chi connectivity index (χ2v) is 8.44. The molecule has 3 aromatic rings. The fourth-order valence-corrected chi connectivity index (χ4v) is 4.74. The zero-order chi connectivity index (χ0) is 21.5.